The van der Waals surface area contributed by atoms with E-state index < -0.39 is 35.3 Å². The minimum absolute atomic E-state index is 0.0877. The summed E-state index contributed by atoms with van der Waals surface area (Å²) in [5.74, 6) is -1.78. The maximum Gasteiger partial charge on any atom is 0.326 e. The topological polar surface area (TPSA) is 105 Å². The molecule has 2 N–H and O–H groups in total. The van der Waals surface area contributed by atoms with Crippen molar-refractivity contribution in [2.75, 3.05) is 30.6 Å². The van der Waals surface area contributed by atoms with Crippen molar-refractivity contribution in [3.8, 4) is 11.5 Å². The monoisotopic (exact) mass is 484 g/mol. The second-order valence-electron chi connectivity index (χ2n) is 8.36. The molecule has 0 bridgehead atoms. The number of anilines is 1. The van der Waals surface area contributed by atoms with Gasteiger partial charge in [-0.2, -0.15) is 11.8 Å². The van der Waals surface area contributed by atoms with E-state index in [0.717, 1.165) is 0 Å². The molecule has 2 saturated heterocycles. The minimum atomic E-state index is -1.35. The Morgan fingerprint density at radius 1 is 1.12 bits per heavy atom. The molecule has 2 aromatic rings. The lowest BCUT2D eigenvalue weighted by atomic mass is 9.78. The van der Waals surface area contributed by atoms with Crippen molar-refractivity contribution >= 4 is 35.2 Å². The van der Waals surface area contributed by atoms with Gasteiger partial charge in [0.05, 0.1) is 31.2 Å². The molecule has 0 radical (unpaired) electrons. The van der Waals surface area contributed by atoms with Gasteiger partial charge in [0.1, 0.15) is 17.0 Å². The molecule has 8 nitrogen and oxygen atoms in total. The lowest BCUT2D eigenvalue weighted by molar-refractivity contribution is -0.152. The number of fused-ring (bicyclic) bond motifs is 1. The van der Waals surface area contributed by atoms with Crippen molar-refractivity contribution < 1.29 is 29.0 Å². The number of carbonyl (C=O) groups excluding carboxylic acids is 3. The number of nitrogens with one attached hydrogen (secondary N) is 1. The zero-order valence-corrected chi connectivity index (χ0v) is 20.1. The van der Waals surface area contributed by atoms with Gasteiger partial charge in [-0.15, -0.1) is 0 Å². The highest BCUT2D eigenvalue weighted by Gasteiger charge is 2.68. The van der Waals surface area contributed by atoms with Crippen molar-refractivity contribution in [1.82, 2.24) is 5.32 Å². The fourth-order valence-corrected chi connectivity index (χ4v) is 5.57. The number of rotatable bonds is 8. The Balaban J connectivity index is 1.80. The second kappa shape index (κ2) is 9.68. The van der Waals surface area contributed by atoms with Crippen LogP contribution in [0.15, 0.2) is 48.5 Å². The van der Waals surface area contributed by atoms with Gasteiger partial charge in [0, 0.05) is 6.04 Å². The molecule has 4 atom stereocenters. The minimum Gasteiger partial charge on any atom is -0.508 e. The molecule has 0 unspecified atom stereocenters. The lowest BCUT2D eigenvalue weighted by Crippen LogP contribution is -2.56. The summed E-state index contributed by atoms with van der Waals surface area (Å²) in [4.78, 5) is 41.9. The summed E-state index contributed by atoms with van der Waals surface area (Å²) in [5.41, 5.74) is -0.212. The number of nitrogens with zero attached hydrogens (tertiary/aromatic N) is 1. The Labute approximate surface area is 202 Å². The Hall–Kier alpha value is -3.04. The zero-order valence-electron chi connectivity index (χ0n) is 19.3. The molecule has 2 aromatic carbocycles. The molecule has 0 spiro atoms. The molecule has 0 saturated carbocycles. The molecule has 2 aliphatic rings. The van der Waals surface area contributed by atoms with Crippen LogP contribution in [0, 0.1) is 11.8 Å². The highest BCUT2D eigenvalue weighted by Crippen LogP contribution is 2.51. The van der Waals surface area contributed by atoms with Gasteiger partial charge in [-0.25, -0.2) is 4.90 Å². The van der Waals surface area contributed by atoms with E-state index in [4.69, 9.17) is 9.47 Å². The van der Waals surface area contributed by atoms with Gasteiger partial charge in [0.25, 0.3) is 0 Å². The van der Waals surface area contributed by atoms with Gasteiger partial charge >= 0.3 is 5.97 Å². The summed E-state index contributed by atoms with van der Waals surface area (Å²) in [6.07, 6.45) is 2.25. The summed E-state index contributed by atoms with van der Waals surface area (Å²) in [6, 6.07) is 12.6. The zero-order chi connectivity index (χ0) is 24.5. The molecule has 4 rings (SSSR count). The van der Waals surface area contributed by atoms with Gasteiger partial charge in [-0.1, -0.05) is 12.1 Å². The number of ether oxygens (including phenoxy) is 2. The molecule has 2 aliphatic heterocycles. The van der Waals surface area contributed by atoms with Crippen LogP contribution in [0.4, 0.5) is 5.69 Å². The van der Waals surface area contributed by atoms with Crippen LogP contribution in [0.25, 0.3) is 0 Å². The SMILES string of the molecule is CCOc1ccc(N2C(=O)[C@@H]3[C@H](c4ccc(O)cc4)N[C@](CCSC)(C(=O)OC)[C@H]3C2=O)cc1. The predicted octanol–water partition coefficient (Wildman–Crippen LogP) is 2.91. The summed E-state index contributed by atoms with van der Waals surface area (Å²) in [5, 5.41) is 13.1. The first-order chi connectivity index (χ1) is 16.4. The third-order valence-corrected chi connectivity index (χ3v) is 7.17. The molecule has 0 aromatic heterocycles. The van der Waals surface area contributed by atoms with E-state index in [1.165, 1.54) is 24.1 Å². The fourth-order valence-electron chi connectivity index (χ4n) is 5.05. The quantitative estimate of drug-likeness (QED) is 0.435. The third kappa shape index (κ3) is 3.92. The van der Waals surface area contributed by atoms with Crippen LogP contribution in [0.1, 0.15) is 24.9 Å². The summed E-state index contributed by atoms with van der Waals surface area (Å²) in [6.45, 7) is 2.38. The first-order valence-corrected chi connectivity index (χ1v) is 12.5. The van der Waals surface area contributed by atoms with E-state index >= 15 is 0 Å². The Morgan fingerprint density at radius 3 is 2.38 bits per heavy atom. The molecule has 0 aliphatic carbocycles. The van der Waals surface area contributed by atoms with Gasteiger partial charge in [-0.05, 0) is 67.3 Å². The summed E-state index contributed by atoms with van der Waals surface area (Å²) < 4.78 is 10.6. The number of phenols is 1. The van der Waals surface area contributed by atoms with Crippen LogP contribution in [0.2, 0.25) is 0 Å². The fraction of sp³-hybridized carbons (Fsp3) is 0.400. The number of benzene rings is 2. The normalized spacial score (nSPS) is 26.0. The number of aromatic hydroxyl groups is 1. The Bertz CT molecular complexity index is 1070. The molecular formula is C25H28N2O6S. The summed E-state index contributed by atoms with van der Waals surface area (Å²) >= 11 is 1.55. The van der Waals surface area contributed by atoms with Gasteiger partial charge in [0.2, 0.25) is 11.8 Å². The highest BCUT2D eigenvalue weighted by molar-refractivity contribution is 7.98. The van der Waals surface area contributed by atoms with E-state index in [1.807, 2.05) is 13.2 Å². The van der Waals surface area contributed by atoms with Crippen LogP contribution in [-0.4, -0.2) is 54.2 Å². The van der Waals surface area contributed by atoms with Crippen LogP contribution < -0.4 is 15.0 Å². The molecule has 9 heteroatoms. The van der Waals surface area contributed by atoms with Crippen LogP contribution >= 0.6 is 11.8 Å². The molecular weight excluding hydrogens is 456 g/mol. The number of carbonyl (C=O) groups is 3. The van der Waals surface area contributed by atoms with E-state index in [2.05, 4.69) is 5.32 Å². The molecule has 180 valence electrons. The first-order valence-electron chi connectivity index (χ1n) is 11.1. The summed E-state index contributed by atoms with van der Waals surface area (Å²) in [7, 11) is 1.29. The number of thioether (sulfide) groups is 1. The number of amides is 2. The number of hydrogen-bond donors (Lipinski definition) is 2. The van der Waals surface area contributed by atoms with Crippen LogP contribution in [-0.2, 0) is 19.1 Å². The number of imide groups is 1. The predicted molar refractivity (Wildman–Crippen MR) is 129 cm³/mol. The second-order valence-corrected chi connectivity index (χ2v) is 9.35. The van der Waals surface area contributed by atoms with Gasteiger partial charge in [-0.3, -0.25) is 19.7 Å². The molecule has 2 amide bonds. The highest BCUT2D eigenvalue weighted by atomic mass is 32.2. The standard InChI is InChI=1S/C25H28N2O6S/c1-4-33-18-11-7-16(8-12-18)27-22(29)19-20(23(27)30)25(13-14-34-3,24(31)32-2)26-21(19)15-5-9-17(28)10-6-15/h5-12,19-21,26,28H,4,13-14H2,1-3H3/t19-,20+,21-,25-/m0/s1. The van der Waals surface area contributed by atoms with Gasteiger partial charge < -0.3 is 14.6 Å². The van der Waals surface area contributed by atoms with E-state index in [-0.39, 0.29) is 11.7 Å². The number of phenolic OH excluding ortho intramolecular Hbond substituents is 1. The van der Waals surface area contributed by atoms with Crippen molar-refractivity contribution in [3.05, 3.63) is 54.1 Å². The Kier molecular flexibility index (Phi) is 6.86. The van der Waals surface area contributed by atoms with Crippen molar-refractivity contribution in [2.45, 2.75) is 24.9 Å². The van der Waals surface area contributed by atoms with E-state index in [0.29, 0.717) is 35.8 Å². The number of methoxy groups -OCH3 is 1. The first kappa shape index (κ1) is 24.1. The number of esters is 1. The smallest absolute Gasteiger partial charge is 0.326 e. The molecule has 2 fully saturated rings. The maximum absolute atomic E-state index is 13.8. The average Bonchev–Trinajstić information content (AvgIpc) is 3.32. The molecule has 34 heavy (non-hydrogen) atoms. The average molecular weight is 485 g/mol. The molecule has 2 heterocycles. The van der Waals surface area contributed by atoms with E-state index in [1.54, 1.807) is 48.2 Å². The van der Waals surface area contributed by atoms with Crippen LogP contribution in [0.3, 0.4) is 0 Å². The third-order valence-electron chi connectivity index (χ3n) is 6.56. The van der Waals surface area contributed by atoms with E-state index in [9.17, 15) is 19.5 Å². The maximum atomic E-state index is 13.8. The van der Waals surface area contributed by atoms with Crippen molar-refractivity contribution in [1.29, 1.82) is 0 Å². The Morgan fingerprint density at radius 2 is 1.79 bits per heavy atom. The van der Waals surface area contributed by atoms with Crippen molar-refractivity contribution in [3.63, 3.8) is 0 Å². The van der Waals surface area contributed by atoms with Crippen molar-refractivity contribution in [2.24, 2.45) is 11.8 Å². The lowest BCUT2D eigenvalue weighted by Gasteiger charge is -2.32. The number of hydrogen-bond acceptors (Lipinski definition) is 8. The van der Waals surface area contributed by atoms with Crippen LogP contribution in [0.5, 0.6) is 11.5 Å². The largest absolute Gasteiger partial charge is 0.508 e. The van der Waals surface area contributed by atoms with Gasteiger partial charge in [0.15, 0.2) is 0 Å².